The Hall–Kier alpha value is -2.63. The van der Waals surface area contributed by atoms with Gasteiger partial charge < -0.3 is 10.2 Å². The van der Waals surface area contributed by atoms with E-state index >= 15 is 0 Å². The summed E-state index contributed by atoms with van der Waals surface area (Å²) in [6, 6.07) is 18.2. The van der Waals surface area contributed by atoms with Gasteiger partial charge in [-0.3, -0.25) is 9.59 Å². The first-order valence-corrected chi connectivity index (χ1v) is 9.85. The fraction of sp³-hybridized carbons (Fsp3) is 0.143. The van der Waals surface area contributed by atoms with Crippen molar-refractivity contribution in [3.63, 3.8) is 0 Å². The third kappa shape index (κ3) is 3.75. The van der Waals surface area contributed by atoms with Gasteiger partial charge in [0.15, 0.2) is 0 Å². The molecule has 0 aliphatic carbocycles. The molecule has 0 saturated carbocycles. The summed E-state index contributed by atoms with van der Waals surface area (Å²) in [4.78, 5) is 28.3. The second kappa shape index (κ2) is 7.55. The fourth-order valence-corrected chi connectivity index (χ4v) is 4.26. The van der Waals surface area contributed by atoms with Crippen LogP contribution in [-0.4, -0.2) is 16.7 Å². The lowest BCUT2D eigenvalue weighted by Gasteiger charge is -2.26. The Balaban J connectivity index is 1.55. The van der Waals surface area contributed by atoms with Crippen molar-refractivity contribution in [2.24, 2.45) is 0 Å². The van der Waals surface area contributed by atoms with Crippen LogP contribution in [0.3, 0.4) is 0 Å². The Morgan fingerprint density at radius 2 is 1.89 bits per heavy atom. The van der Waals surface area contributed by atoms with Gasteiger partial charge in [0.05, 0.1) is 12.5 Å². The second-order valence-electron chi connectivity index (χ2n) is 6.38. The van der Waals surface area contributed by atoms with E-state index in [-0.39, 0.29) is 24.3 Å². The Morgan fingerprint density at radius 1 is 1.11 bits per heavy atom. The number of carbonyl (C=O) groups excluding carboxylic acids is 2. The number of anilines is 1. The molecule has 3 aromatic rings. The number of amides is 2. The molecule has 1 atom stereocenters. The van der Waals surface area contributed by atoms with Crippen molar-refractivity contribution in [2.45, 2.75) is 19.0 Å². The zero-order valence-corrected chi connectivity index (χ0v) is 16.0. The number of hydrogen-bond donors (Lipinski definition) is 1. The van der Waals surface area contributed by atoms with Crippen molar-refractivity contribution in [3.05, 3.63) is 87.1 Å². The minimum absolute atomic E-state index is 0.0247. The highest BCUT2D eigenvalue weighted by atomic mass is 35.5. The van der Waals surface area contributed by atoms with Crippen molar-refractivity contribution < 1.29 is 9.59 Å². The average Bonchev–Trinajstić information content (AvgIpc) is 3.31. The number of hydrogen-bond acceptors (Lipinski definition) is 3. The van der Waals surface area contributed by atoms with Crippen LogP contribution in [0.5, 0.6) is 0 Å². The van der Waals surface area contributed by atoms with Gasteiger partial charge in [-0.25, -0.2) is 0 Å². The molecule has 0 spiro atoms. The van der Waals surface area contributed by atoms with Crippen molar-refractivity contribution >= 4 is 40.4 Å². The monoisotopic (exact) mass is 396 g/mol. The number of nitrogens with zero attached hydrogens (tertiary/aromatic N) is 1. The molecule has 27 heavy (non-hydrogen) atoms. The maximum atomic E-state index is 12.9. The molecule has 1 N–H and O–H groups in total. The first-order chi connectivity index (χ1) is 13.1. The Kier molecular flexibility index (Phi) is 4.97. The highest BCUT2D eigenvalue weighted by Crippen LogP contribution is 2.35. The summed E-state index contributed by atoms with van der Waals surface area (Å²) in [5, 5.41) is 5.47. The molecule has 0 saturated heterocycles. The van der Waals surface area contributed by atoms with Crippen LogP contribution < -0.4 is 5.32 Å². The van der Waals surface area contributed by atoms with Crippen LogP contribution >= 0.6 is 22.9 Å². The first kappa shape index (κ1) is 17.8. The highest BCUT2D eigenvalue weighted by Gasteiger charge is 2.34. The van der Waals surface area contributed by atoms with E-state index in [1.54, 1.807) is 40.5 Å². The molecule has 6 heteroatoms. The van der Waals surface area contributed by atoms with Gasteiger partial charge >= 0.3 is 0 Å². The van der Waals surface area contributed by atoms with Gasteiger partial charge in [-0.2, -0.15) is 0 Å². The summed E-state index contributed by atoms with van der Waals surface area (Å²) in [7, 11) is 0. The van der Waals surface area contributed by atoms with Gasteiger partial charge in [-0.1, -0.05) is 35.9 Å². The van der Waals surface area contributed by atoms with Crippen molar-refractivity contribution in [3.8, 4) is 0 Å². The standard InChI is InChI=1S/C21H17ClN2O2S/c22-15-7-9-16(10-8-15)23-20(25)12-18(19-6-3-11-27-19)24-13-14-4-1-2-5-17(14)21(24)26/h1-11,18H,12-13H2,(H,23,25)/t18-/m0/s1. The maximum absolute atomic E-state index is 12.9. The molecule has 1 aromatic heterocycles. The molecule has 0 fully saturated rings. The van der Waals surface area contributed by atoms with Crippen molar-refractivity contribution in [1.29, 1.82) is 0 Å². The average molecular weight is 397 g/mol. The van der Waals surface area contributed by atoms with E-state index in [0.29, 0.717) is 17.3 Å². The first-order valence-electron chi connectivity index (χ1n) is 8.59. The number of nitrogens with one attached hydrogen (secondary N) is 1. The van der Waals surface area contributed by atoms with Crippen LogP contribution in [0.2, 0.25) is 5.02 Å². The lowest BCUT2D eigenvalue weighted by Crippen LogP contribution is -2.31. The summed E-state index contributed by atoms with van der Waals surface area (Å²) in [6.07, 6.45) is 0.197. The predicted octanol–water partition coefficient (Wildman–Crippen LogP) is 5.13. The third-order valence-electron chi connectivity index (χ3n) is 4.60. The smallest absolute Gasteiger partial charge is 0.255 e. The Morgan fingerprint density at radius 3 is 2.59 bits per heavy atom. The zero-order valence-electron chi connectivity index (χ0n) is 14.4. The summed E-state index contributed by atoms with van der Waals surface area (Å²) >= 11 is 7.45. The topological polar surface area (TPSA) is 49.4 Å². The quantitative estimate of drug-likeness (QED) is 0.650. The molecular weight excluding hydrogens is 380 g/mol. The van der Waals surface area contributed by atoms with Crippen molar-refractivity contribution in [1.82, 2.24) is 4.90 Å². The van der Waals surface area contributed by atoms with Crippen LogP contribution in [0.4, 0.5) is 5.69 Å². The summed E-state index contributed by atoms with van der Waals surface area (Å²) in [6.45, 7) is 0.520. The number of fused-ring (bicyclic) bond motifs is 1. The molecular formula is C21H17ClN2O2S. The van der Waals surface area contributed by atoms with E-state index in [0.717, 1.165) is 16.0 Å². The molecule has 0 radical (unpaired) electrons. The molecule has 2 heterocycles. The largest absolute Gasteiger partial charge is 0.326 e. The number of benzene rings is 2. The van der Waals surface area contributed by atoms with E-state index in [1.165, 1.54) is 0 Å². The molecule has 2 amide bonds. The van der Waals surface area contributed by atoms with E-state index < -0.39 is 0 Å². The lowest BCUT2D eigenvalue weighted by atomic mass is 10.1. The Bertz CT molecular complexity index is 970. The van der Waals surface area contributed by atoms with E-state index in [1.807, 2.05) is 41.8 Å². The van der Waals surface area contributed by atoms with Crippen LogP contribution in [0.25, 0.3) is 0 Å². The molecule has 1 aliphatic rings. The molecule has 4 nitrogen and oxygen atoms in total. The van der Waals surface area contributed by atoms with E-state index in [9.17, 15) is 9.59 Å². The number of carbonyl (C=O) groups is 2. The molecule has 136 valence electrons. The number of rotatable bonds is 5. The lowest BCUT2D eigenvalue weighted by molar-refractivity contribution is -0.117. The summed E-state index contributed by atoms with van der Waals surface area (Å²) in [5.74, 6) is -0.164. The van der Waals surface area contributed by atoms with E-state index in [4.69, 9.17) is 11.6 Å². The van der Waals surface area contributed by atoms with Gasteiger partial charge in [0, 0.05) is 27.7 Å². The molecule has 1 aliphatic heterocycles. The van der Waals surface area contributed by atoms with Crippen LogP contribution in [0, 0.1) is 0 Å². The third-order valence-corrected chi connectivity index (χ3v) is 5.83. The molecule has 4 rings (SSSR count). The molecule has 0 unspecified atom stereocenters. The maximum Gasteiger partial charge on any atom is 0.255 e. The summed E-state index contributed by atoms with van der Waals surface area (Å²) in [5.41, 5.74) is 2.41. The van der Waals surface area contributed by atoms with Gasteiger partial charge in [0.1, 0.15) is 0 Å². The predicted molar refractivity (Wildman–Crippen MR) is 108 cm³/mol. The molecule has 2 aromatic carbocycles. The van der Waals surface area contributed by atoms with Crippen LogP contribution in [-0.2, 0) is 11.3 Å². The summed E-state index contributed by atoms with van der Waals surface area (Å²) < 4.78 is 0. The van der Waals surface area contributed by atoms with Crippen LogP contribution in [0.1, 0.15) is 33.3 Å². The second-order valence-corrected chi connectivity index (χ2v) is 7.80. The van der Waals surface area contributed by atoms with Crippen LogP contribution in [0.15, 0.2) is 66.0 Å². The Labute approximate surface area is 166 Å². The zero-order chi connectivity index (χ0) is 18.8. The fourth-order valence-electron chi connectivity index (χ4n) is 3.29. The van der Waals surface area contributed by atoms with Gasteiger partial charge in [0.2, 0.25) is 5.91 Å². The minimum atomic E-state index is -0.294. The van der Waals surface area contributed by atoms with Gasteiger partial charge in [-0.15, -0.1) is 11.3 Å². The highest BCUT2D eigenvalue weighted by molar-refractivity contribution is 7.10. The SMILES string of the molecule is O=C(C[C@@H](c1cccs1)N1Cc2ccccc2C1=O)Nc1ccc(Cl)cc1. The van der Waals surface area contributed by atoms with Crippen molar-refractivity contribution in [2.75, 3.05) is 5.32 Å². The normalized spacial score (nSPS) is 14.1. The van der Waals surface area contributed by atoms with Gasteiger partial charge in [-0.05, 0) is 47.3 Å². The number of halogens is 1. The van der Waals surface area contributed by atoms with Gasteiger partial charge in [0.25, 0.3) is 5.91 Å². The molecule has 0 bridgehead atoms. The minimum Gasteiger partial charge on any atom is -0.326 e. The van der Waals surface area contributed by atoms with E-state index in [2.05, 4.69) is 5.32 Å². The number of thiophene rings is 1.